The summed E-state index contributed by atoms with van der Waals surface area (Å²) < 4.78 is 0.615. The zero-order valence-corrected chi connectivity index (χ0v) is 12.5. The summed E-state index contributed by atoms with van der Waals surface area (Å²) in [7, 11) is 0. The van der Waals surface area contributed by atoms with Gasteiger partial charge < -0.3 is 10.0 Å². The monoisotopic (exact) mass is 340 g/mol. The van der Waals surface area contributed by atoms with Gasteiger partial charge in [0.25, 0.3) is 5.91 Å². The molecule has 6 nitrogen and oxygen atoms in total. The maximum Gasteiger partial charge on any atom is 0.337 e. The van der Waals surface area contributed by atoms with E-state index in [1.54, 1.807) is 26.0 Å². The van der Waals surface area contributed by atoms with Gasteiger partial charge in [-0.15, -0.1) is 0 Å². The third kappa shape index (κ3) is 2.40. The second-order valence-corrected chi connectivity index (χ2v) is 5.90. The fourth-order valence-electron chi connectivity index (χ4n) is 2.08. The molecule has 0 spiro atoms. The van der Waals surface area contributed by atoms with Crippen LogP contribution in [0.2, 0.25) is 0 Å². The number of imide groups is 1. The minimum Gasteiger partial charge on any atom is -0.478 e. The molecule has 20 heavy (non-hydrogen) atoms. The van der Waals surface area contributed by atoms with E-state index in [4.69, 9.17) is 0 Å². The largest absolute Gasteiger partial charge is 0.478 e. The number of carboxylic acids is 1. The van der Waals surface area contributed by atoms with Crippen molar-refractivity contribution < 1.29 is 19.5 Å². The van der Waals surface area contributed by atoms with E-state index in [9.17, 15) is 19.5 Å². The van der Waals surface area contributed by atoms with Gasteiger partial charge in [0.2, 0.25) is 5.91 Å². The number of nitrogens with zero attached hydrogens (tertiary/aromatic N) is 1. The number of hydrogen-bond acceptors (Lipinski definition) is 4. The summed E-state index contributed by atoms with van der Waals surface area (Å²) >= 11 is 3.21. The van der Waals surface area contributed by atoms with Crippen LogP contribution in [0.25, 0.3) is 0 Å². The van der Waals surface area contributed by atoms with Gasteiger partial charge in [0.05, 0.1) is 17.8 Å². The van der Waals surface area contributed by atoms with Crippen LogP contribution in [0, 0.1) is 0 Å². The standard InChI is InChI=1S/C13H13BrN2O4/c1-13(2)12(20)15-10(17)6-16(13)9-4-3-7(14)5-8(9)11(18)19/h3-5H,6H2,1-2H3,(H,18,19)(H,15,17,20). The summed E-state index contributed by atoms with van der Waals surface area (Å²) in [6.07, 6.45) is 0. The molecule has 106 valence electrons. The molecule has 1 aliphatic heterocycles. The smallest absolute Gasteiger partial charge is 0.337 e. The highest BCUT2D eigenvalue weighted by molar-refractivity contribution is 9.10. The van der Waals surface area contributed by atoms with Crippen LogP contribution in [0.15, 0.2) is 22.7 Å². The first-order valence-electron chi connectivity index (χ1n) is 5.88. The van der Waals surface area contributed by atoms with Crippen molar-refractivity contribution in [2.45, 2.75) is 19.4 Å². The molecular weight excluding hydrogens is 328 g/mol. The first-order chi connectivity index (χ1) is 9.23. The van der Waals surface area contributed by atoms with Crippen molar-refractivity contribution in [3.63, 3.8) is 0 Å². The molecule has 2 amide bonds. The summed E-state index contributed by atoms with van der Waals surface area (Å²) in [6.45, 7) is 3.21. The lowest BCUT2D eigenvalue weighted by atomic mass is 9.96. The zero-order chi connectivity index (χ0) is 15.1. The Bertz CT molecular complexity index is 612. The average Bonchev–Trinajstić information content (AvgIpc) is 2.34. The van der Waals surface area contributed by atoms with E-state index in [-0.39, 0.29) is 12.1 Å². The number of amides is 2. The van der Waals surface area contributed by atoms with Gasteiger partial charge in [-0.25, -0.2) is 4.79 Å². The van der Waals surface area contributed by atoms with Crippen LogP contribution >= 0.6 is 15.9 Å². The van der Waals surface area contributed by atoms with Gasteiger partial charge in [0.15, 0.2) is 0 Å². The molecule has 0 bridgehead atoms. The van der Waals surface area contributed by atoms with Gasteiger partial charge in [-0.2, -0.15) is 0 Å². The Hall–Kier alpha value is -1.89. The lowest BCUT2D eigenvalue weighted by molar-refractivity contribution is -0.135. The van der Waals surface area contributed by atoms with Crippen LogP contribution in [-0.4, -0.2) is 35.0 Å². The van der Waals surface area contributed by atoms with E-state index >= 15 is 0 Å². The predicted octanol–water partition coefficient (Wildman–Crippen LogP) is 1.39. The molecule has 7 heteroatoms. The highest BCUT2D eigenvalue weighted by Gasteiger charge is 2.42. The van der Waals surface area contributed by atoms with Crippen LogP contribution in [0.3, 0.4) is 0 Å². The molecule has 2 rings (SSSR count). The fraction of sp³-hybridized carbons (Fsp3) is 0.308. The second-order valence-electron chi connectivity index (χ2n) is 4.99. The molecule has 0 radical (unpaired) electrons. The first kappa shape index (κ1) is 14.5. The fourth-order valence-corrected chi connectivity index (χ4v) is 2.45. The van der Waals surface area contributed by atoms with Gasteiger partial charge in [0.1, 0.15) is 5.54 Å². The number of rotatable bonds is 2. The minimum absolute atomic E-state index is 0.0370. The highest BCUT2D eigenvalue weighted by atomic mass is 79.9. The SMILES string of the molecule is CC1(C)C(=O)NC(=O)CN1c1ccc(Br)cc1C(=O)O. The van der Waals surface area contributed by atoms with Crippen molar-refractivity contribution in [2.24, 2.45) is 0 Å². The molecule has 0 atom stereocenters. The zero-order valence-electron chi connectivity index (χ0n) is 10.9. The van der Waals surface area contributed by atoms with E-state index in [0.29, 0.717) is 10.2 Å². The molecule has 0 saturated carbocycles. The Labute approximate surface area is 123 Å². The van der Waals surface area contributed by atoms with Crippen molar-refractivity contribution >= 4 is 39.4 Å². The third-order valence-corrected chi connectivity index (χ3v) is 3.76. The molecular formula is C13H13BrN2O4. The number of halogens is 1. The number of anilines is 1. The Kier molecular flexibility index (Phi) is 3.56. The Morgan fingerprint density at radius 3 is 2.65 bits per heavy atom. The normalized spacial score (nSPS) is 17.9. The van der Waals surface area contributed by atoms with Crippen molar-refractivity contribution in [3.05, 3.63) is 28.2 Å². The lowest BCUT2D eigenvalue weighted by Gasteiger charge is -2.42. The van der Waals surface area contributed by atoms with Crippen molar-refractivity contribution in [1.82, 2.24) is 5.32 Å². The molecule has 1 aromatic carbocycles. The number of aromatic carboxylic acids is 1. The van der Waals surface area contributed by atoms with E-state index in [0.717, 1.165) is 0 Å². The molecule has 1 aliphatic rings. The summed E-state index contributed by atoms with van der Waals surface area (Å²) in [6, 6.07) is 4.71. The van der Waals surface area contributed by atoms with Crippen LogP contribution in [0.5, 0.6) is 0 Å². The van der Waals surface area contributed by atoms with E-state index in [1.165, 1.54) is 11.0 Å². The quantitative estimate of drug-likeness (QED) is 0.794. The maximum atomic E-state index is 11.9. The summed E-state index contributed by atoms with van der Waals surface area (Å²) in [5.74, 6) is -2.02. The predicted molar refractivity (Wildman–Crippen MR) is 75.7 cm³/mol. The summed E-state index contributed by atoms with van der Waals surface area (Å²) in [5, 5.41) is 11.5. The highest BCUT2D eigenvalue weighted by Crippen LogP contribution is 2.31. The van der Waals surface area contributed by atoms with E-state index in [1.807, 2.05) is 0 Å². The molecule has 1 aromatic rings. The Morgan fingerprint density at radius 2 is 2.05 bits per heavy atom. The number of carboxylic acid groups (broad SMARTS) is 1. The summed E-state index contributed by atoms with van der Waals surface area (Å²) in [4.78, 5) is 36.4. The van der Waals surface area contributed by atoms with Crippen LogP contribution in [0.1, 0.15) is 24.2 Å². The topological polar surface area (TPSA) is 86.7 Å². The third-order valence-electron chi connectivity index (χ3n) is 3.26. The Balaban J connectivity index is 2.57. The molecule has 1 saturated heterocycles. The van der Waals surface area contributed by atoms with Crippen LogP contribution < -0.4 is 10.2 Å². The molecule has 0 aromatic heterocycles. The van der Waals surface area contributed by atoms with E-state index < -0.39 is 23.3 Å². The van der Waals surface area contributed by atoms with Gasteiger partial charge in [-0.05, 0) is 32.0 Å². The van der Waals surface area contributed by atoms with E-state index in [2.05, 4.69) is 21.2 Å². The number of carbonyl (C=O) groups is 3. The molecule has 2 N–H and O–H groups in total. The average molecular weight is 341 g/mol. The maximum absolute atomic E-state index is 11.9. The lowest BCUT2D eigenvalue weighted by Crippen LogP contribution is -2.64. The van der Waals surface area contributed by atoms with Crippen molar-refractivity contribution in [3.8, 4) is 0 Å². The molecule has 1 fully saturated rings. The first-order valence-corrected chi connectivity index (χ1v) is 6.67. The number of nitrogens with one attached hydrogen (secondary N) is 1. The van der Waals surface area contributed by atoms with Gasteiger partial charge in [0, 0.05) is 4.47 Å². The molecule has 1 heterocycles. The van der Waals surface area contributed by atoms with Crippen LogP contribution in [-0.2, 0) is 9.59 Å². The number of carbonyl (C=O) groups excluding carboxylic acids is 2. The van der Waals surface area contributed by atoms with Crippen molar-refractivity contribution in [1.29, 1.82) is 0 Å². The van der Waals surface area contributed by atoms with Gasteiger partial charge in [-0.3, -0.25) is 14.9 Å². The van der Waals surface area contributed by atoms with Crippen LogP contribution in [0.4, 0.5) is 5.69 Å². The van der Waals surface area contributed by atoms with Crippen molar-refractivity contribution in [2.75, 3.05) is 11.4 Å². The molecule has 0 unspecified atom stereocenters. The summed E-state index contributed by atoms with van der Waals surface area (Å²) in [5.41, 5.74) is -0.629. The molecule has 0 aliphatic carbocycles. The minimum atomic E-state index is -1.12. The number of benzene rings is 1. The van der Waals surface area contributed by atoms with Gasteiger partial charge in [-0.1, -0.05) is 15.9 Å². The number of hydrogen-bond donors (Lipinski definition) is 2. The number of piperazine rings is 1. The second kappa shape index (κ2) is 4.90. The van der Waals surface area contributed by atoms with Gasteiger partial charge >= 0.3 is 5.97 Å². The Morgan fingerprint density at radius 1 is 1.40 bits per heavy atom.